The van der Waals surface area contributed by atoms with Gasteiger partial charge in [-0.3, -0.25) is 19.7 Å². The molecule has 1 heterocycles. The van der Waals surface area contributed by atoms with Crippen molar-refractivity contribution in [2.45, 2.75) is 25.6 Å². The van der Waals surface area contributed by atoms with Crippen molar-refractivity contribution >= 4 is 34.4 Å². The number of amidine groups is 1. The Labute approximate surface area is 130 Å². The van der Waals surface area contributed by atoms with Crippen molar-refractivity contribution in [1.82, 2.24) is 10.3 Å². The van der Waals surface area contributed by atoms with Gasteiger partial charge in [0.25, 0.3) is 5.69 Å². The third-order valence-corrected chi connectivity index (χ3v) is 4.24. The minimum Gasteiger partial charge on any atom is -0.304 e. The molecule has 0 saturated heterocycles. The molecule has 1 aromatic carbocycles. The highest BCUT2D eigenvalue weighted by Crippen LogP contribution is 2.47. The zero-order valence-electron chi connectivity index (χ0n) is 12.2. The zero-order chi connectivity index (χ0) is 16.5. The number of benzene rings is 1. The average molecular weight is 322 g/mol. The Bertz CT molecular complexity index is 690. The number of hydrogen-bond acceptors (Lipinski definition) is 6. The van der Waals surface area contributed by atoms with E-state index in [4.69, 9.17) is 0 Å². The molecule has 1 N–H and O–H groups in total. The molecule has 2 amide bonds. The van der Waals surface area contributed by atoms with E-state index in [2.05, 4.69) is 10.4 Å². The highest BCUT2D eigenvalue weighted by atomic mass is 32.2. The highest BCUT2D eigenvalue weighted by molar-refractivity contribution is 8.14. The third-order valence-electron chi connectivity index (χ3n) is 3.07. The van der Waals surface area contributed by atoms with Gasteiger partial charge in [0.15, 0.2) is 5.17 Å². The van der Waals surface area contributed by atoms with E-state index in [1.54, 1.807) is 25.1 Å². The van der Waals surface area contributed by atoms with Crippen molar-refractivity contribution in [3.8, 4) is 0 Å². The summed E-state index contributed by atoms with van der Waals surface area (Å²) in [7, 11) is 0. The fraction of sp³-hybridized carbons (Fsp3) is 0.308. The van der Waals surface area contributed by atoms with Gasteiger partial charge >= 0.3 is 0 Å². The molecule has 116 valence electrons. The molecular weight excluding hydrogens is 308 g/mol. The summed E-state index contributed by atoms with van der Waals surface area (Å²) in [5, 5.41) is 19.2. The van der Waals surface area contributed by atoms with Crippen LogP contribution in [0.5, 0.6) is 0 Å². The first-order valence-electron chi connectivity index (χ1n) is 6.35. The quantitative estimate of drug-likeness (QED) is 0.660. The van der Waals surface area contributed by atoms with Gasteiger partial charge in [-0.1, -0.05) is 23.9 Å². The number of carbonyl (C=O) groups is 2. The molecule has 0 aromatic heterocycles. The van der Waals surface area contributed by atoms with Crippen molar-refractivity contribution in [3.63, 3.8) is 0 Å². The lowest BCUT2D eigenvalue weighted by atomic mass is 10.0. The number of hydrazone groups is 1. The third kappa shape index (κ3) is 2.80. The van der Waals surface area contributed by atoms with Gasteiger partial charge in [-0.05, 0) is 13.0 Å². The van der Waals surface area contributed by atoms with E-state index in [-0.39, 0.29) is 22.7 Å². The number of nitrogens with one attached hydrogen (secondary N) is 1. The number of rotatable bonds is 2. The Balaban J connectivity index is 2.51. The van der Waals surface area contributed by atoms with Crippen molar-refractivity contribution in [1.29, 1.82) is 0 Å². The van der Waals surface area contributed by atoms with Gasteiger partial charge in [0, 0.05) is 19.9 Å². The van der Waals surface area contributed by atoms with Crippen LogP contribution in [0, 0.1) is 10.1 Å². The zero-order valence-corrected chi connectivity index (χ0v) is 13.0. The van der Waals surface area contributed by atoms with Gasteiger partial charge in [-0.25, -0.2) is 5.01 Å². The van der Waals surface area contributed by atoms with Gasteiger partial charge in [-0.15, -0.1) is 5.10 Å². The first-order valence-corrected chi connectivity index (χ1v) is 7.17. The molecule has 8 nitrogen and oxygen atoms in total. The van der Waals surface area contributed by atoms with Gasteiger partial charge in [0.05, 0.1) is 10.5 Å². The number of thioether (sulfide) groups is 1. The fourth-order valence-corrected chi connectivity index (χ4v) is 3.44. The second-order valence-electron chi connectivity index (χ2n) is 4.78. The van der Waals surface area contributed by atoms with Crippen molar-refractivity contribution < 1.29 is 14.5 Å². The van der Waals surface area contributed by atoms with Gasteiger partial charge in [0.2, 0.25) is 11.8 Å². The smallest absolute Gasteiger partial charge is 0.275 e. The standard InChI is InChI=1S/C13H14N4O4S/c1-8(18)14-12-15-16(9(2)19)13(3,22-12)10-6-4-5-7-11(10)17(20)21/h4-7H,1-3H3,(H,14,15,18). The highest BCUT2D eigenvalue weighted by Gasteiger charge is 2.47. The van der Waals surface area contributed by atoms with Crippen LogP contribution in [0.25, 0.3) is 0 Å². The van der Waals surface area contributed by atoms with Crippen molar-refractivity contribution in [2.75, 3.05) is 0 Å². The number of amides is 2. The number of hydrogen-bond donors (Lipinski definition) is 1. The number of nitro groups is 1. The summed E-state index contributed by atoms with van der Waals surface area (Å²) in [6, 6.07) is 6.16. The number of nitrogens with zero attached hydrogens (tertiary/aromatic N) is 3. The van der Waals surface area contributed by atoms with E-state index in [0.29, 0.717) is 5.56 Å². The maximum atomic E-state index is 11.9. The molecule has 1 aliphatic heterocycles. The Morgan fingerprint density at radius 2 is 2.00 bits per heavy atom. The van der Waals surface area contributed by atoms with Crippen LogP contribution in [-0.2, 0) is 14.5 Å². The normalized spacial score (nSPS) is 20.5. The molecule has 0 aliphatic carbocycles. The molecule has 1 aliphatic rings. The molecule has 0 bridgehead atoms. The lowest BCUT2D eigenvalue weighted by molar-refractivity contribution is -0.386. The van der Waals surface area contributed by atoms with Crippen LogP contribution < -0.4 is 5.32 Å². The maximum absolute atomic E-state index is 11.9. The predicted octanol–water partition coefficient (Wildman–Crippen LogP) is 1.77. The lowest BCUT2D eigenvalue weighted by Gasteiger charge is -2.30. The first kappa shape index (κ1) is 16.0. The predicted molar refractivity (Wildman–Crippen MR) is 81.8 cm³/mol. The van der Waals surface area contributed by atoms with Crippen LogP contribution in [0.3, 0.4) is 0 Å². The maximum Gasteiger partial charge on any atom is 0.275 e. The summed E-state index contributed by atoms with van der Waals surface area (Å²) in [6.45, 7) is 4.29. The summed E-state index contributed by atoms with van der Waals surface area (Å²) in [4.78, 5) is 32.7. The Kier molecular flexibility index (Phi) is 4.18. The second kappa shape index (κ2) is 5.76. The summed E-state index contributed by atoms with van der Waals surface area (Å²) < 4.78 is 0. The van der Waals surface area contributed by atoms with Crippen LogP contribution in [0.15, 0.2) is 29.4 Å². The van der Waals surface area contributed by atoms with E-state index in [1.165, 1.54) is 19.9 Å². The van der Waals surface area contributed by atoms with E-state index in [9.17, 15) is 19.7 Å². The van der Waals surface area contributed by atoms with E-state index < -0.39 is 9.79 Å². The van der Waals surface area contributed by atoms with E-state index >= 15 is 0 Å². The summed E-state index contributed by atoms with van der Waals surface area (Å²) in [5.74, 6) is -0.713. The van der Waals surface area contributed by atoms with Gasteiger partial charge in [0.1, 0.15) is 4.87 Å². The molecule has 0 fully saturated rings. The topological polar surface area (TPSA) is 105 Å². The van der Waals surface area contributed by atoms with E-state index in [0.717, 1.165) is 16.8 Å². The SMILES string of the molecule is CC(=O)NC1=NN(C(C)=O)C(C)(c2ccccc2[N+](=O)[O-])S1. The second-order valence-corrected chi connectivity index (χ2v) is 6.16. The van der Waals surface area contributed by atoms with Crippen LogP contribution in [0.2, 0.25) is 0 Å². The van der Waals surface area contributed by atoms with E-state index in [1.807, 2.05) is 0 Å². The lowest BCUT2D eigenvalue weighted by Crippen LogP contribution is -2.38. The van der Waals surface area contributed by atoms with Crippen molar-refractivity contribution in [2.24, 2.45) is 5.10 Å². The Hall–Kier alpha value is -2.42. The number of carbonyl (C=O) groups excluding carboxylic acids is 2. The van der Waals surface area contributed by atoms with Gasteiger partial charge < -0.3 is 5.32 Å². The number of nitro benzene ring substituents is 1. The van der Waals surface area contributed by atoms with Crippen LogP contribution >= 0.6 is 11.8 Å². The minimum absolute atomic E-state index is 0.108. The van der Waals surface area contributed by atoms with Crippen molar-refractivity contribution in [3.05, 3.63) is 39.9 Å². The largest absolute Gasteiger partial charge is 0.304 e. The van der Waals surface area contributed by atoms with Crippen LogP contribution in [0.1, 0.15) is 26.3 Å². The molecule has 1 atom stereocenters. The molecule has 0 spiro atoms. The summed E-state index contributed by atoms with van der Waals surface area (Å²) in [5.41, 5.74) is 0.229. The fourth-order valence-electron chi connectivity index (χ4n) is 2.20. The molecule has 0 saturated carbocycles. The minimum atomic E-state index is -1.10. The molecule has 22 heavy (non-hydrogen) atoms. The number of para-hydroxylation sites is 1. The summed E-state index contributed by atoms with van der Waals surface area (Å²) in [6.07, 6.45) is 0. The average Bonchev–Trinajstić information content (AvgIpc) is 2.76. The molecule has 1 unspecified atom stereocenters. The molecular formula is C13H14N4O4S. The first-order chi connectivity index (χ1) is 10.3. The summed E-state index contributed by atoms with van der Waals surface area (Å²) >= 11 is 1.08. The Morgan fingerprint density at radius 3 is 2.55 bits per heavy atom. The molecule has 9 heteroatoms. The van der Waals surface area contributed by atoms with Crippen LogP contribution in [0.4, 0.5) is 5.69 Å². The monoisotopic (exact) mass is 322 g/mol. The Morgan fingerprint density at radius 1 is 1.36 bits per heavy atom. The molecule has 0 radical (unpaired) electrons. The molecule has 2 rings (SSSR count). The molecule has 1 aromatic rings. The van der Waals surface area contributed by atoms with Crippen LogP contribution in [-0.4, -0.2) is 26.9 Å². The van der Waals surface area contributed by atoms with Gasteiger partial charge in [-0.2, -0.15) is 0 Å².